The number of methoxy groups -OCH3 is 3. The molecule has 0 aromatic heterocycles. The molecule has 0 aliphatic heterocycles. The minimum absolute atomic E-state index is 0.0637. The summed E-state index contributed by atoms with van der Waals surface area (Å²) < 4.78 is 56.0. The lowest BCUT2D eigenvalue weighted by Gasteiger charge is -2.19. The van der Waals surface area contributed by atoms with Crippen LogP contribution in [-0.4, -0.2) is 47.6 Å². The zero-order valence-corrected chi connectivity index (χ0v) is 16.9. The van der Waals surface area contributed by atoms with Crippen LogP contribution in [0.5, 0.6) is 17.2 Å². The molecule has 2 aromatic carbocycles. The smallest absolute Gasteiger partial charge is 0.242 e. The molecule has 8 heteroatoms. The Morgan fingerprint density at radius 3 is 2.07 bits per heavy atom. The molecular weight excluding hydrogens is 373 g/mol. The van der Waals surface area contributed by atoms with E-state index >= 15 is 0 Å². The first kappa shape index (κ1) is 21.0. The van der Waals surface area contributed by atoms with Crippen molar-refractivity contribution in [3.63, 3.8) is 0 Å². The van der Waals surface area contributed by atoms with Crippen LogP contribution in [0, 0.1) is 12.7 Å². The van der Waals surface area contributed by atoms with Crippen molar-refractivity contribution in [1.82, 2.24) is 4.31 Å². The third kappa shape index (κ3) is 4.51. The van der Waals surface area contributed by atoms with Gasteiger partial charge in [-0.15, -0.1) is 0 Å². The molecule has 6 nitrogen and oxygen atoms in total. The fourth-order valence-electron chi connectivity index (χ4n) is 2.64. The van der Waals surface area contributed by atoms with Gasteiger partial charge in [0.2, 0.25) is 15.8 Å². The first-order valence-corrected chi connectivity index (χ1v) is 9.70. The van der Waals surface area contributed by atoms with E-state index in [9.17, 15) is 12.8 Å². The first-order valence-electron chi connectivity index (χ1n) is 8.26. The molecule has 0 unspecified atom stereocenters. The van der Waals surface area contributed by atoms with Crippen LogP contribution in [0.4, 0.5) is 4.39 Å². The van der Waals surface area contributed by atoms with Crippen LogP contribution >= 0.6 is 0 Å². The molecule has 148 valence electrons. The van der Waals surface area contributed by atoms with Gasteiger partial charge < -0.3 is 14.2 Å². The van der Waals surface area contributed by atoms with Crippen LogP contribution in [-0.2, 0) is 16.4 Å². The van der Waals surface area contributed by atoms with Gasteiger partial charge in [0, 0.05) is 13.6 Å². The van der Waals surface area contributed by atoms with E-state index in [-0.39, 0.29) is 17.0 Å². The fourth-order valence-corrected chi connectivity index (χ4v) is 3.90. The predicted molar refractivity (Wildman–Crippen MR) is 101 cm³/mol. The van der Waals surface area contributed by atoms with E-state index in [1.54, 1.807) is 12.1 Å². The Bertz CT molecular complexity index is 889. The zero-order valence-electron chi connectivity index (χ0n) is 16.1. The second-order valence-electron chi connectivity index (χ2n) is 6.02. The first-order chi connectivity index (χ1) is 12.7. The Kier molecular flexibility index (Phi) is 6.67. The number of hydrogen-bond donors (Lipinski definition) is 0. The zero-order chi connectivity index (χ0) is 20.2. The van der Waals surface area contributed by atoms with Gasteiger partial charge in [-0.25, -0.2) is 17.1 Å². The molecule has 2 rings (SSSR count). The number of ether oxygens (including phenoxy) is 3. The van der Waals surface area contributed by atoms with E-state index in [2.05, 4.69) is 0 Å². The Hall–Kier alpha value is -2.32. The Morgan fingerprint density at radius 1 is 1.00 bits per heavy atom. The predicted octanol–water partition coefficient (Wildman–Crippen LogP) is 3.02. The van der Waals surface area contributed by atoms with Gasteiger partial charge >= 0.3 is 0 Å². The molecule has 0 spiro atoms. The van der Waals surface area contributed by atoms with Crippen molar-refractivity contribution in [1.29, 1.82) is 0 Å². The topological polar surface area (TPSA) is 65.1 Å². The van der Waals surface area contributed by atoms with Crippen LogP contribution < -0.4 is 14.2 Å². The Labute approximate surface area is 159 Å². The van der Waals surface area contributed by atoms with Crippen molar-refractivity contribution >= 4 is 10.0 Å². The number of rotatable bonds is 8. The van der Waals surface area contributed by atoms with Crippen molar-refractivity contribution in [3.05, 3.63) is 47.3 Å². The maximum absolute atomic E-state index is 13.4. The summed E-state index contributed by atoms with van der Waals surface area (Å²) in [6.07, 6.45) is 0.437. The van der Waals surface area contributed by atoms with Crippen LogP contribution in [0.1, 0.15) is 11.1 Å². The van der Waals surface area contributed by atoms with Gasteiger partial charge in [0.05, 0.1) is 26.2 Å². The van der Waals surface area contributed by atoms with E-state index in [4.69, 9.17) is 14.2 Å². The highest BCUT2D eigenvalue weighted by molar-refractivity contribution is 7.89. The maximum Gasteiger partial charge on any atom is 0.242 e. The number of likely N-dealkylation sites (N-methyl/N-ethyl adjacent to an activating group) is 1. The molecule has 0 fully saturated rings. The van der Waals surface area contributed by atoms with Crippen molar-refractivity contribution in [2.24, 2.45) is 0 Å². The largest absolute Gasteiger partial charge is 0.493 e. The lowest BCUT2D eigenvalue weighted by atomic mass is 10.1. The van der Waals surface area contributed by atoms with E-state index in [1.807, 2.05) is 0 Å². The lowest BCUT2D eigenvalue weighted by molar-refractivity contribution is 0.323. The van der Waals surface area contributed by atoms with Crippen molar-refractivity contribution in [2.45, 2.75) is 18.2 Å². The lowest BCUT2D eigenvalue weighted by Crippen LogP contribution is -2.29. The molecule has 0 N–H and O–H groups in total. The monoisotopic (exact) mass is 397 g/mol. The summed E-state index contributed by atoms with van der Waals surface area (Å²) in [6, 6.07) is 7.33. The van der Waals surface area contributed by atoms with Crippen LogP contribution in [0.3, 0.4) is 0 Å². The summed E-state index contributed by atoms with van der Waals surface area (Å²) in [4.78, 5) is 0.0637. The van der Waals surface area contributed by atoms with Gasteiger partial charge in [-0.05, 0) is 54.8 Å². The van der Waals surface area contributed by atoms with E-state index in [1.165, 1.54) is 51.7 Å². The molecule has 27 heavy (non-hydrogen) atoms. The number of benzene rings is 2. The summed E-state index contributed by atoms with van der Waals surface area (Å²) in [5.74, 6) is 1.05. The van der Waals surface area contributed by atoms with E-state index < -0.39 is 15.8 Å². The molecule has 0 saturated heterocycles. The molecular formula is C19H24FNO5S. The molecule has 0 saturated carbocycles. The van der Waals surface area contributed by atoms with Crippen molar-refractivity contribution < 1.29 is 27.0 Å². The van der Waals surface area contributed by atoms with Crippen LogP contribution in [0.15, 0.2) is 35.2 Å². The molecule has 0 heterocycles. The van der Waals surface area contributed by atoms with Gasteiger partial charge in [0.1, 0.15) is 5.82 Å². The maximum atomic E-state index is 13.4. The second kappa shape index (κ2) is 8.58. The van der Waals surface area contributed by atoms with Crippen molar-refractivity contribution in [3.8, 4) is 17.2 Å². The second-order valence-corrected chi connectivity index (χ2v) is 8.07. The number of hydrogen-bond acceptors (Lipinski definition) is 5. The number of sulfonamides is 1. The molecule has 0 atom stereocenters. The van der Waals surface area contributed by atoms with E-state index in [0.29, 0.717) is 23.7 Å². The Balaban J connectivity index is 2.21. The fraction of sp³-hybridized carbons (Fsp3) is 0.368. The molecule has 2 aromatic rings. The van der Waals surface area contributed by atoms with Crippen LogP contribution in [0.25, 0.3) is 0 Å². The van der Waals surface area contributed by atoms with Gasteiger partial charge in [0.25, 0.3) is 0 Å². The summed E-state index contributed by atoms with van der Waals surface area (Å²) in [5.41, 5.74) is 1.12. The average molecular weight is 397 g/mol. The number of halogens is 1. The normalized spacial score (nSPS) is 11.5. The molecule has 0 bridgehead atoms. The quantitative estimate of drug-likeness (QED) is 0.685. The SMILES string of the molecule is COc1cc(CCN(C)S(=O)(=O)c2ccc(F)c(C)c2)cc(OC)c1OC. The highest BCUT2D eigenvalue weighted by Crippen LogP contribution is 2.38. The summed E-state index contributed by atoms with van der Waals surface area (Å²) >= 11 is 0. The molecule has 0 aliphatic carbocycles. The highest BCUT2D eigenvalue weighted by Gasteiger charge is 2.22. The third-order valence-electron chi connectivity index (χ3n) is 4.28. The van der Waals surface area contributed by atoms with E-state index in [0.717, 1.165) is 11.6 Å². The standard InChI is InChI=1S/C19H24FNO5S/c1-13-10-15(6-7-16(13)20)27(22,23)21(2)9-8-14-11-17(24-3)19(26-5)18(12-14)25-4/h6-7,10-12H,8-9H2,1-5H3. The molecule has 0 amide bonds. The average Bonchev–Trinajstić information content (AvgIpc) is 2.66. The van der Waals surface area contributed by atoms with Gasteiger partial charge in [-0.1, -0.05) is 0 Å². The molecule has 0 aliphatic rings. The third-order valence-corrected chi connectivity index (χ3v) is 6.13. The summed E-state index contributed by atoms with van der Waals surface area (Å²) in [6.45, 7) is 1.77. The number of nitrogens with zero attached hydrogens (tertiary/aromatic N) is 1. The van der Waals surface area contributed by atoms with Gasteiger partial charge in [-0.3, -0.25) is 0 Å². The van der Waals surface area contributed by atoms with Gasteiger partial charge in [-0.2, -0.15) is 0 Å². The molecule has 0 radical (unpaired) electrons. The van der Waals surface area contributed by atoms with Crippen molar-refractivity contribution in [2.75, 3.05) is 34.9 Å². The number of aryl methyl sites for hydroxylation is 1. The Morgan fingerprint density at radius 2 is 1.59 bits per heavy atom. The summed E-state index contributed by atoms with van der Waals surface area (Å²) in [7, 11) is 2.34. The minimum atomic E-state index is -3.71. The van der Waals surface area contributed by atoms with Gasteiger partial charge in [0.15, 0.2) is 11.5 Å². The highest BCUT2D eigenvalue weighted by atomic mass is 32.2. The van der Waals surface area contributed by atoms with Crippen LogP contribution in [0.2, 0.25) is 0 Å². The minimum Gasteiger partial charge on any atom is -0.493 e. The summed E-state index contributed by atoms with van der Waals surface area (Å²) in [5, 5.41) is 0.